The third-order valence-corrected chi connectivity index (χ3v) is 4.95. The summed E-state index contributed by atoms with van der Waals surface area (Å²) < 4.78 is 1.17. The summed E-state index contributed by atoms with van der Waals surface area (Å²) in [6.45, 7) is 4.92. The molecule has 1 aromatic rings. The van der Waals surface area contributed by atoms with Crippen LogP contribution in [0.5, 0.6) is 0 Å². The van der Waals surface area contributed by atoms with Gasteiger partial charge in [-0.2, -0.15) is 0 Å². The maximum atomic E-state index is 12.4. The van der Waals surface area contributed by atoms with E-state index in [1.165, 1.54) is 2.88 Å². The van der Waals surface area contributed by atoms with E-state index in [9.17, 15) is 4.79 Å². The van der Waals surface area contributed by atoms with Crippen LogP contribution in [0, 0.1) is 2.88 Å². The summed E-state index contributed by atoms with van der Waals surface area (Å²) in [4.78, 5) is 14.4. The number of nitrogens with zero attached hydrogens (tertiary/aromatic N) is 1. The lowest BCUT2D eigenvalue weighted by molar-refractivity contribution is 0.0656. The highest BCUT2D eigenvalue weighted by Crippen LogP contribution is 2.21. The minimum atomic E-state index is 0.193. The Bertz CT molecular complexity index is 388. The summed E-state index contributed by atoms with van der Waals surface area (Å²) in [5, 5.41) is 5.31. The van der Waals surface area contributed by atoms with Crippen molar-refractivity contribution in [2.24, 2.45) is 0 Å². The number of amides is 1. The highest BCUT2D eigenvalue weighted by Gasteiger charge is 2.25. The van der Waals surface area contributed by atoms with Gasteiger partial charge in [0.05, 0.1) is 8.45 Å². The van der Waals surface area contributed by atoms with Crippen molar-refractivity contribution in [2.45, 2.75) is 25.8 Å². The van der Waals surface area contributed by atoms with Gasteiger partial charge in [0.15, 0.2) is 0 Å². The van der Waals surface area contributed by atoms with Crippen molar-refractivity contribution >= 4 is 39.8 Å². The van der Waals surface area contributed by atoms with Crippen LogP contribution in [0.25, 0.3) is 0 Å². The molecule has 1 N–H and O–H groups in total. The Balaban J connectivity index is 2.09. The Kier molecular flexibility index (Phi) is 4.81. The minimum Gasteiger partial charge on any atom is -0.336 e. The standard InChI is InChI=1S/C12H17IN2OS/c1-2-15(10-3-5-14-6-4-10)12(16)9-7-11(13)17-8-9/h7-8,10,14H,2-6H2,1H3. The van der Waals surface area contributed by atoms with Gasteiger partial charge in [-0.3, -0.25) is 4.79 Å². The van der Waals surface area contributed by atoms with Gasteiger partial charge in [0.25, 0.3) is 5.91 Å². The van der Waals surface area contributed by atoms with Crippen LogP contribution in [0.4, 0.5) is 0 Å². The van der Waals surface area contributed by atoms with Crippen LogP contribution in [0.2, 0.25) is 0 Å². The van der Waals surface area contributed by atoms with Crippen LogP contribution in [-0.2, 0) is 0 Å². The molecule has 94 valence electrons. The second kappa shape index (κ2) is 6.15. The molecule has 3 nitrogen and oxygen atoms in total. The number of halogens is 1. The van der Waals surface area contributed by atoms with Crippen molar-refractivity contribution in [3.8, 4) is 0 Å². The molecular formula is C12H17IN2OS. The number of piperidine rings is 1. The highest BCUT2D eigenvalue weighted by atomic mass is 127. The van der Waals surface area contributed by atoms with Crippen molar-refractivity contribution in [1.29, 1.82) is 0 Å². The smallest absolute Gasteiger partial charge is 0.254 e. The lowest BCUT2D eigenvalue weighted by Gasteiger charge is -2.33. The number of thiophene rings is 1. The fraction of sp³-hybridized carbons (Fsp3) is 0.583. The van der Waals surface area contributed by atoms with Crippen molar-refractivity contribution < 1.29 is 4.79 Å². The molecule has 2 heterocycles. The van der Waals surface area contributed by atoms with E-state index in [0.717, 1.165) is 38.0 Å². The summed E-state index contributed by atoms with van der Waals surface area (Å²) in [6, 6.07) is 2.39. The molecule has 0 aliphatic carbocycles. The van der Waals surface area contributed by atoms with Gasteiger partial charge < -0.3 is 10.2 Å². The van der Waals surface area contributed by atoms with Crippen LogP contribution in [0.1, 0.15) is 30.1 Å². The number of carbonyl (C=O) groups excluding carboxylic acids is 1. The Morgan fingerprint density at radius 1 is 1.59 bits per heavy atom. The average molecular weight is 364 g/mol. The van der Waals surface area contributed by atoms with Crippen LogP contribution < -0.4 is 5.32 Å². The monoisotopic (exact) mass is 364 g/mol. The van der Waals surface area contributed by atoms with E-state index >= 15 is 0 Å². The van der Waals surface area contributed by atoms with E-state index in [2.05, 4.69) is 34.8 Å². The van der Waals surface area contributed by atoms with E-state index in [4.69, 9.17) is 0 Å². The number of hydrogen-bond acceptors (Lipinski definition) is 3. The van der Waals surface area contributed by atoms with Crippen LogP contribution in [0.3, 0.4) is 0 Å². The summed E-state index contributed by atoms with van der Waals surface area (Å²) >= 11 is 3.90. The fourth-order valence-electron chi connectivity index (χ4n) is 2.27. The highest BCUT2D eigenvalue weighted by molar-refractivity contribution is 14.1. The maximum Gasteiger partial charge on any atom is 0.254 e. The zero-order chi connectivity index (χ0) is 12.3. The lowest BCUT2D eigenvalue weighted by Crippen LogP contribution is -2.45. The van der Waals surface area contributed by atoms with E-state index < -0.39 is 0 Å². The molecule has 0 atom stereocenters. The van der Waals surface area contributed by atoms with Gasteiger partial charge in [-0.1, -0.05) is 0 Å². The molecule has 1 aliphatic heterocycles. The molecular weight excluding hydrogens is 347 g/mol. The van der Waals surface area contributed by atoms with Crippen LogP contribution >= 0.6 is 33.9 Å². The molecule has 1 saturated heterocycles. The third-order valence-electron chi connectivity index (χ3n) is 3.17. The molecule has 0 radical (unpaired) electrons. The van der Waals surface area contributed by atoms with Gasteiger partial charge >= 0.3 is 0 Å². The topological polar surface area (TPSA) is 32.3 Å². The molecule has 0 saturated carbocycles. The summed E-state index contributed by atoms with van der Waals surface area (Å²) in [5.74, 6) is 0.193. The van der Waals surface area contributed by atoms with Crippen molar-refractivity contribution in [3.05, 3.63) is 19.9 Å². The first-order valence-corrected chi connectivity index (χ1v) is 7.94. The first kappa shape index (κ1) is 13.3. The largest absolute Gasteiger partial charge is 0.336 e. The molecule has 0 bridgehead atoms. The van der Waals surface area contributed by atoms with Crippen LogP contribution in [-0.4, -0.2) is 36.5 Å². The summed E-state index contributed by atoms with van der Waals surface area (Å²) in [5.41, 5.74) is 0.847. The molecule has 1 aliphatic rings. The summed E-state index contributed by atoms with van der Waals surface area (Å²) in [7, 11) is 0. The Hall–Kier alpha value is -0.140. The number of carbonyl (C=O) groups is 1. The number of nitrogens with one attached hydrogen (secondary N) is 1. The van der Waals surface area contributed by atoms with Gasteiger partial charge in [0.1, 0.15) is 0 Å². The van der Waals surface area contributed by atoms with Crippen LogP contribution in [0.15, 0.2) is 11.4 Å². The predicted molar refractivity (Wildman–Crippen MR) is 79.6 cm³/mol. The first-order chi connectivity index (χ1) is 8.22. The minimum absolute atomic E-state index is 0.193. The molecule has 17 heavy (non-hydrogen) atoms. The lowest BCUT2D eigenvalue weighted by atomic mass is 10.0. The molecule has 1 aromatic heterocycles. The van der Waals surface area contributed by atoms with E-state index in [1.807, 2.05) is 16.3 Å². The van der Waals surface area contributed by atoms with E-state index in [-0.39, 0.29) is 5.91 Å². The molecule has 2 rings (SSSR count). The normalized spacial score (nSPS) is 17.1. The molecule has 0 aromatic carbocycles. The Labute approximate surface area is 120 Å². The predicted octanol–water partition coefficient (Wildman–Crippen LogP) is 2.57. The van der Waals surface area contributed by atoms with Crippen molar-refractivity contribution in [1.82, 2.24) is 10.2 Å². The zero-order valence-corrected chi connectivity index (χ0v) is 12.9. The first-order valence-electron chi connectivity index (χ1n) is 5.98. The van der Waals surface area contributed by atoms with Gasteiger partial charge in [-0.05, 0) is 61.5 Å². The van der Waals surface area contributed by atoms with Crippen molar-refractivity contribution in [2.75, 3.05) is 19.6 Å². The molecule has 1 fully saturated rings. The molecule has 5 heteroatoms. The van der Waals surface area contributed by atoms with E-state index in [0.29, 0.717) is 6.04 Å². The Morgan fingerprint density at radius 3 is 2.82 bits per heavy atom. The SMILES string of the molecule is CCN(C(=O)c1csc(I)c1)C1CCNCC1. The second-order valence-corrected chi connectivity index (χ2v) is 7.02. The molecule has 0 spiro atoms. The number of hydrogen-bond donors (Lipinski definition) is 1. The summed E-state index contributed by atoms with van der Waals surface area (Å²) in [6.07, 6.45) is 2.14. The quantitative estimate of drug-likeness (QED) is 0.837. The van der Waals surface area contributed by atoms with Crippen molar-refractivity contribution in [3.63, 3.8) is 0 Å². The Morgan fingerprint density at radius 2 is 2.29 bits per heavy atom. The fourth-order valence-corrected chi connectivity index (χ4v) is 3.59. The average Bonchev–Trinajstić information content (AvgIpc) is 2.78. The van der Waals surface area contributed by atoms with Gasteiger partial charge in [0.2, 0.25) is 0 Å². The maximum absolute atomic E-state index is 12.4. The molecule has 1 amide bonds. The van der Waals surface area contributed by atoms with Gasteiger partial charge in [-0.15, -0.1) is 11.3 Å². The zero-order valence-electron chi connectivity index (χ0n) is 9.91. The molecule has 0 unspecified atom stereocenters. The second-order valence-electron chi connectivity index (χ2n) is 4.21. The van der Waals surface area contributed by atoms with Gasteiger partial charge in [-0.25, -0.2) is 0 Å². The number of rotatable bonds is 3. The van der Waals surface area contributed by atoms with E-state index in [1.54, 1.807) is 11.3 Å². The van der Waals surface area contributed by atoms with Gasteiger partial charge in [0, 0.05) is 18.0 Å². The third kappa shape index (κ3) is 3.20.